The fourth-order valence-corrected chi connectivity index (χ4v) is 2.92. The molecule has 2 N–H and O–H groups in total. The molecule has 1 heterocycles. The van der Waals surface area contributed by atoms with E-state index in [1.54, 1.807) is 0 Å². The molecule has 134 valence electrons. The normalized spacial score (nSPS) is 19.8. The van der Waals surface area contributed by atoms with Gasteiger partial charge in [0.1, 0.15) is 17.4 Å². The predicted octanol–water partition coefficient (Wildman–Crippen LogP) is 3.18. The van der Waals surface area contributed by atoms with Crippen molar-refractivity contribution < 1.29 is 13.3 Å². The summed E-state index contributed by atoms with van der Waals surface area (Å²) in [6.45, 7) is 6.82. The van der Waals surface area contributed by atoms with Gasteiger partial charge >= 0.3 is 0 Å². The molecule has 2 unspecified atom stereocenters. The molecule has 1 saturated carbocycles. The summed E-state index contributed by atoms with van der Waals surface area (Å²) in [5.41, 5.74) is 1.92. The molecule has 2 aromatic rings. The van der Waals surface area contributed by atoms with Crippen molar-refractivity contribution in [1.29, 1.82) is 0 Å². The molecule has 5 nitrogen and oxygen atoms in total. The Kier molecular flexibility index (Phi) is 5.01. The number of aliphatic imine (C=N–C) groups is 1. The Balaban J connectivity index is 1.68. The highest BCUT2D eigenvalue weighted by atomic mass is 19.1. The fourth-order valence-electron chi connectivity index (χ4n) is 2.92. The lowest BCUT2D eigenvalue weighted by Gasteiger charge is -2.11. The van der Waals surface area contributed by atoms with Gasteiger partial charge in [0, 0.05) is 29.6 Å². The van der Waals surface area contributed by atoms with E-state index in [0.29, 0.717) is 25.5 Å². The smallest absolute Gasteiger partial charge is 0.191 e. The number of aromatic nitrogens is 1. The van der Waals surface area contributed by atoms with Crippen molar-refractivity contribution in [2.75, 3.05) is 6.54 Å². The highest BCUT2D eigenvalue weighted by molar-refractivity contribution is 5.80. The molecule has 0 saturated heterocycles. The van der Waals surface area contributed by atoms with Crippen LogP contribution < -0.4 is 10.6 Å². The van der Waals surface area contributed by atoms with Gasteiger partial charge in [-0.05, 0) is 39.3 Å². The lowest BCUT2D eigenvalue weighted by molar-refractivity contribution is 0.392. The third-order valence-electron chi connectivity index (χ3n) is 4.40. The van der Waals surface area contributed by atoms with Crippen LogP contribution in [0.5, 0.6) is 0 Å². The number of guanidine groups is 1. The lowest BCUT2D eigenvalue weighted by Crippen LogP contribution is -2.39. The fraction of sp³-hybridized carbons (Fsp3) is 0.444. The summed E-state index contributed by atoms with van der Waals surface area (Å²) in [4.78, 5) is 4.54. The standard InChI is InChI=1S/C18H22F2N4O/c1-4-21-18(22-9-13-10(2)24-25-11(13)3)23-16-8-12(16)17-14(19)6-5-7-15(17)20/h5-7,12,16H,4,8-9H2,1-3H3,(H2,21,22,23). The van der Waals surface area contributed by atoms with Crippen LogP contribution >= 0.6 is 0 Å². The van der Waals surface area contributed by atoms with Gasteiger partial charge in [0.2, 0.25) is 0 Å². The van der Waals surface area contributed by atoms with E-state index in [9.17, 15) is 8.78 Å². The molecule has 0 amide bonds. The Labute approximate surface area is 145 Å². The Morgan fingerprint density at radius 3 is 2.64 bits per heavy atom. The second kappa shape index (κ2) is 7.21. The predicted molar refractivity (Wildman–Crippen MR) is 91.4 cm³/mol. The van der Waals surface area contributed by atoms with Gasteiger partial charge in [0.15, 0.2) is 5.96 Å². The minimum Gasteiger partial charge on any atom is -0.361 e. The average Bonchev–Trinajstić information content (AvgIpc) is 3.23. The molecule has 0 radical (unpaired) electrons. The monoisotopic (exact) mass is 348 g/mol. The molecule has 7 heteroatoms. The molecule has 1 aromatic carbocycles. The van der Waals surface area contributed by atoms with E-state index in [1.165, 1.54) is 18.2 Å². The van der Waals surface area contributed by atoms with Crippen molar-refractivity contribution in [3.63, 3.8) is 0 Å². The van der Waals surface area contributed by atoms with Crippen molar-refractivity contribution in [2.24, 2.45) is 4.99 Å². The number of hydrogen-bond donors (Lipinski definition) is 2. The van der Waals surface area contributed by atoms with Crippen LogP contribution in [0.1, 0.15) is 41.8 Å². The highest BCUT2D eigenvalue weighted by Gasteiger charge is 2.42. The molecule has 1 aromatic heterocycles. The van der Waals surface area contributed by atoms with E-state index in [1.807, 2.05) is 20.8 Å². The summed E-state index contributed by atoms with van der Waals surface area (Å²) in [6, 6.07) is 3.94. The van der Waals surface area contributed by atoms with Gasteiger partial charge in [-0.3, -0.25) is 0 Å². The molecule has 25 heavy (non-hydrogen) atoms. The number of nitrogens with one attached hydrogen (secondary N) is 2. The maximum atomic E-state index is 13.9. The molecule has 2 atom stereocenters. The van der Waals surface area contributed by atoms with E-state index >= 15 is 0 Å². The second-order valence-corrected chi connectivity index (χ2v) is 6.23. The Morgan fingerprint density at radius 2 is 2.04 bits per heavy atom. The quantitative estimate of drug-likeness (QED) is 0.643. The minimum absolute atomic E-state index is 0.0335. The summed E-state index contributed by atoms with van der Waals surface area (Å²) < 4.78 is 32.9. The van der Waals surface area contributed by atoms with Crippen molar-refractivity contribution in [3.05, 3.63) is 52.4 Å². The van der Waals surface area contributed by atoms with Crippen molar-refractivity contribution in [2.45, 2.75) is 45.7 Å². The third kappa shape index (κ3) is 3.81. The molecular formula is C18H22F2N4O. The zero-order valence-corrected chi connectivity index (χ0v) is 14.6. The molecular weight excluding hydrogens is 326 g/mol. The van der Waals surface area contributed by atoms with Crippen LogP contribution in [0.3, 0.4) is 0 Å². The topological polar surface area (TPSA) is 62.5 Å². The van der Waals surface area contributed by atoms with E-state index in [-0.39, 0.29) is 17.5 Å². The summed E-state index contributed by atoms with van der Waals surface area (Å²) in [5, 5.41) is 10.3. The van der Waals surface area contributed by atoms with Crippen LogP contribution in [-0.2, 0) is 6.54 Å². The van der Waals surface area contributed by atoms with Gasteiger partial charge in [-0.1, -0.05) is 11.2 Å². The van der Waals surface area contributed by atoms with Crippen molar-refractivity contribution in [1.82, 2.24) is 15.8 Å². The Hall–Kier alpha value is -2.44. The van der Waals surface area contributed by atoms with Crippen molar-refractivity contribution in [3.8, 4) is 0 Å². The van der Waals surface area contributed by atoms with Crippen LogP contribution in [0.4, 0.5) is 8.78 Å². The number of hydrogen-bond acceptors (Lipinski definition) is 3. The van der Waals surface area contributed by atoms with E-state index in [2.05, 4.69) is 20.8 Å². The molecule has 0 spiro atoms. The van der Waals surface area contributed by atoms with Crippen LogP contribution in [0.2, 0.25) is 0 Å². The van der Waals surface area contributed by atoms with Crippen LogP contribution in [0.15, 0.2) is 27.7 Å². The number of aryl methyl sites for hydroxylation is 2. The van der Waals surface area contributed by atoms with Crippen LogP contribution in [0, 0.1) is 25.5 Å². The SMILES string of the molecule is CCNC(=NCc1c(C)noc1C)NC1CC1c1c(F)cccc1F. The summed E-state index contributed by atoms with van der Waals surface area (Å²) in [6.07, 6.45) is 0.674. The van der Waals surface area contributed by atoms with Gasteiger partial charge in [0.05, 0.1) is 12.2 Å². The number of halogens is 2. The first kappa shape index (κ1) is 17.4. The lowest BCUT2D eigenvalue weighted by atomic mass is 10.1. The summed E-state index contributed by atoms with van der Waals surface area (Å²) in [7, 11) is 0. The molecule has 1 fully saturated rings. The van der Waals surface area contributed by atoms with E-state index < -0.39 is 11.6 Å². The Morgan fingerprint density at radius 1 is 1.32 bits per heavy atom. The third-order valence-corrected chi connectivity index (χ3v) is 4.40. The van der Waals surface area contributed by atoms with Gasteiger partial charge in [-0.2, -0.15) is 0 Å². The zero-order valence-electron chi connectivity index (χ0n) is 14.6. The summed E-state index contributed by atoms with van der Waals surface area (Å²) >= 11 is 0. The molecule has 1 aliphatic carbocycles. The van der Waals surface area contributed by atoms with Gasteiger partial charge in [-0.25, -0.2) is 13.8 Å². The highest BCUT2D eigenvalue weighted by Crippen LogP contribution is 2.43. The van der Waals surface area contributed by atoms with Crippen molar-refractivity contribution >= 4 is 5.96 Å². The molecule has 1 aliphatic rings. The van der Waals surface area contributed by atoms with E-state index in [4.69, 9.17) is 4.52 Å². The minimum atomic E-state index is -0.494. The summed E-state index contributed by atoms with van der Waals surface area (Å²) in [5.74, 6) is 0.199. The number of benzene rings is 1. The number of nitrogens with zero attached hydrogens (tertiary/aromatic N) is 2. The van der Waals surface area contributed by atoms with Crippen LogP contribution in [0.25, 0.3) is 0 Å². The zero-order chi connectivity index (χ0) is 18.0. The maximum absolute atomic E-state index is 13.9. The molecule has 3 rings (SSSR count). The van der Waals surface area contributed by atoms with Gasteiger partial charge < -0.3 is 15.2 Å². The first-order valence-corrected chi connectivity index (χ1v) is 8.41. The van der Waals surface area contributed by atoms with Gasteiger partial charge in [-0.15, -0.1) is 0 Å². The van der Waals surface area contributed by atoms with E-state index in [0.717, 1.165) is 17.0 Å². The second-order valence-electron chi connectivity index (χ2n) is 6.23. The maximum Gasteiger partial charge on any atom is 0.191 e. The largest absolute Gasteiger partial charge is 0.361 e. The molecule has 0 aliphatic heterocycles. The number of rotatable bonds is 5. The first-order valence-electron chi connectivity index (χ1n) is 8.41. The Bertz CT molecular complexity index is 748. The molecule has 0 bridgehead atoms. The van der Waals surface area contributed by atoms with Crippen LogP contribution in [-0.4, -0.2) is 23.7 Å². The first-order chi connectivity index (χ1) is 12.0. The van der Waals surface area contributed by atoms with Gasteiger partial charge in [0.25, 0.3) is 0 Å². The average molecular weight is 348 g/mol.